The van der Waals surface area contributed by atoms with Crippen LogP contribution in [0.4, 0.5) is 0 Å². The number of aryl methyl sites for hydroxylation is 1. The average molecular weight is 432 g/mol. The molecule has 1 saturated heterocycles. The van der Waals surface area contributed by atoms with Gasteiger partial charge in [0.2, 0.25) is 5.91 Å². The second-order valence-corrected chi connectivity index (χ2v) is 9.90. The molecular weight excluding hydrogens is 398 g/mol. The molecule has 0 radical (unpaired) electrons. The van der Waals surface area contributed by atoms with Crippen LogP contribution >= 0.6 is 11.3 Å². The van der Waals surface area contributed by atoms with Crippen molar-refractivity contribution >= 4 is 27.5 Å². The molecule has 1 aliphatic carbocycles. The smallest absolute Gasteiger partial charge is 0.259 e. The second kappa shape index (κ2) is 9.16. The third-order valence-corrected chi connectivity index (χ3v) is 7.62. The van der Waals surface area contributed by atoms with E-state index in [1.807, 2.05) is 0 Å². The van der Waals surface area contributed by atoms with Crippen LogP contribution in [0, 0.1) is 5.92 Å². The lowest BCUT2D eigenvalue weighted by atomic mass is 9.89. The highest BCUT2D eigenvalue weighted by Crippen LogP contribution is 2.36. The van der Waals surface area contributed by atoms with Gasteiger partial charge in [0, 0.05) is 37.6 Å². The number of rotatable bonds is 6. The molecule has 30 heavy (non-hydrogen) atoms. The molecule has 1 fully saturated rings. The topological polar surface area (TPSA) is 81.3 Å². The number of H-pyrrole nitrogens is 1. The number of aromatic nitrogens is 2. The Hall–Kier alpha value is -1.77. The first kappa shape index (κ1) is 21.5. The number of hydrogen-bond donors (Lipinski definition) is 2. The number of nitrogens with one attached hydrogen (secondary N) is 2. The normalized spacial score (nSPS) is 21.5. The highest BCUT2D eigenvalue weighted by molar-refractivity contribution is 7.18. The van der Waals surface area contributed by atoms with Crippen molar-refractivity contribution in [2.75, 3.05) is 39.3 Å². The van der Waals surface area contributed by atoms with Gasteiger partial charge in [-0.3, -0.25) is 19.4 Å². The van der Waals surface area contributed by atoms with E-state index in [4.69, 9.17) is 4.98 Å². The molecule has 2 unspecified atom stereocenters. The molecule has 2 aromatic rings. The lowest BCUT2D eigenvalue weighted by Gasteiger charge is -2.37. The quantitative estimate of drug-likeness (QED) is 0.734. The number of amides is 1. The molecule has 1 aliphatic heterocycles. The third kappa shape index (κ3) is 4.45. The highest BCUT2D eigenvalue weighted by Gasteiger charge is 2.27. The van der Waals surface area contributed by atoms with Crippen LogP contribution < -0.4 is 10.9 Å². The van der Waals surface area contributed by atoms with Crippen LogP contribution in [-0.4, -0.2) is 64.9 Å². The summed E-state index contributed by atoms with van der Waals surface area (Å²) in [6.45, 7) is 11.1. The molecule has 164 valence electrons. The van der Waals surface area contributed by atoms with Gasteiger partial charge in [0.25, 0.3) is 5.56 Å². The van der Waals surface area contributed by atoms with Gasteiger partial charge in [-0.2, -0.15) is 0 Å². The second-order valence-electron chi connectivity index (χ2n) is 8.82. The van der Waals surface area contributed by atoms with Crippen molar-refractivity contribution in [3.05, 3.63) is 26.6 Å². The summed E-state index contributed by atoms with van der Waals surface area (Å²) in [5.74, 6) is 1.54. The maximum atomic E-state index is 12.9. The van der Waals surface area contributed by atoms with Crippen molar-refractivity contribution in [2.45, 2.75) is 52.5 Å². The minimum Gasteiger partial charge on any atom is -0.355 e. The Bertz CT molecular complexity index is 960. The molecule has 2 N–H and O–H groups in total. The number of piperazine rings is 1. The summed E-state index contributed by atoms with van der Waals surface area (Å²) in [5.41, 5.74) is 1.25. The van der Waals surface area contributed by atoms with Crippen LogP contribution in [0.5, 0.6) is 0 Å². The summed E-state index contributed by atoms with van der Waals surface area (Å²) in [4.78, 5) is 39.6. The van der Waals surface area contributed by atoms with Gasteiger partial charge < -0.3 is 10.3 Å². The molecule has 4 rings (SSSR count). The molecule has 2 aliphatic rings. The first-order chi connectivity index (χ1) is 14.5. The molecule has 0 spiro atoms. The monoisotopic (exact) mass is 431 g/mol. The van der Waals surface area contributed by atoms with Crippen molar-refractivity contribution in [2.24, 2.45) is 5.92 Å². The van der Waals surface area contributed by atoms with Crippen molar-refractivity contribution in [3.63, 3.8) is 0 Å². The van der Waals surface area contributed by atoms with Gasteiger partial charge in [0.05, 0.1) is 18.0 Å². The predicted molar refractivity (Wildman–Crippen MR) is 121 cm³/mol. The van der Waals surface area contributed by atoms with Crippen molar-refractivity contribution in [1.82, 2.24) is 25.1 Å². The number of nitrogens with zero attached hydrogens (tertiary/aromatic N) is 3. The Morgan fingerprint density at radius 1 is 1.33 bits per heavy atom. The van der Waals surface area contributed by atoms with Crippen molar-refractivity contribution in [3.8, 4) is 0 Å². The number of aromatic amines is 1. The molecule has 3 heterocycles. The Morgan fingerprint density at radius 3 is 2.83 bits per heavy atom. The van der Waals surface area contributed by atoms with Gasteiger partial charge in [-0.1, -0.05) is 13.8 Å². The van der Waals surface area contributed by atoms with Crippen LogP contribution in [0.25, 0.3) is 10.2 Å². The average Bonchev–Trinajstić information content (AvgIpc) is 3.10. The number of carbonyl (C=O) groups is 1. The SMILES string of the molecule is CCCNC(=O)CN1CCN(C(C)c2nc3sc4c(c3c(=O)[nH]2)CCC(C)C4)CC1. The Kier molecular flexibility index (Phi) is 6.55. The highest BCUT2D eigenvalue weighted by atomic mass is 32.1. The largest absolute Gasteiger partial charge is 0.355 e. The molecule has 2 atom stereocenters. The van der Waals surface area contributed by atoms with Crippen LogP contribution in [-0.2, 0) is 17.6 Å². The van der Waals surface area contributed by atoms with E-state index in [1.165, 1.54) is 10.4 Å². The van der Waals surface area contributed by atoms with Crippen molar-refractivity contribution in [1.29, 1.82) is 0 Å². The van der Waals surface area contributed by atoms with E-state index in [9.17, 15) is 9.59 Å². The molecule has 1 amide bonds. The lowest BCUT2D eigenvalue weighted by molar-refractivity contribution is -0.122. The van der Waals surface area contributed by atoms with Crippen LogP contribution in [0.15, 0.2) is 4.79 Å². The summed E-state index contributed by atoms with van der Waals surface area (Å²) in [6.07, 6.45) is 4.16. The van der Waals surface area contributed by atoms with Gasteiger partial charge in [-0.15, -0.1) is 11.3 Å². The maximum absolute atomic E-state index is 12.9. The zero-order valence-electron chi connectivity index (χ0n) is 18.3. The summed E-state index contributed by atoms with van der Waals surface area (Å²) < 4.78 is 0. The first-order valence-electron chi connectivity index (χ1n) is 11.2. The van der Waals surface area contributed by atoms with E-state index in [2.05, 4.69) is 40.9 Å². The number of hydrogen-bond acceptors (Lipinski definition) is 6. The molecule has 2 aromatic heterocycles. The summed E-state index contributed by atoms with van der Waals surface area (Å²) in [7, 11) is 0. The summed E-state index contributed by atoms with van der Waals surface area (Å²) in [5, 5.41) is 3.76. The van der Waals surface area contributed by atoms with Crippen molar-refractivity contribution < 1.29 is 4.79 Å². The maximum Gasteiger partial charge on any atom is 0.259 e. The molecule has 0 bridgehead atoms. The number of thiophene rings is 1. The minimum absolute atomic E-state index is 0.0140. The van der Waals surface area contributed by atoms with E-state index in [0.29, 0.717) is 12.5 Å². The number of fused-ring (bicyclic) bond motifs is 3. The first-order valence-corrected chi connectivity index (χ1v) is 12.1. The Morgan fingerprint density at radius 2 is 2.10 bits per heavy atom. The van der Waals surface area contributed by atoms with E-state index in [-0.39, 0.29) is 17.5 Å². The van der Waals surface area contributed by atoms with Gasteiger partial charge >= 0.3 is 0 Å². The minimum atomic E-state index is 0.0140. The van der Waals surface area contributed by atoms with Gasteiger partial charge in [0.15, 0.2) is 0 Å². The third-order valence-electron chi connectivity index (χ3n) is 6.47. The molecule has 0 aromatic carbocycles. The number of carbonyl (C=O) groups excluding carboxylic acids is 1. The van der Waals surface area contributed by atoms with Gasteiger partial charge in [-0.05, 0) is 44.1 Å². The van der Waals surface area contributed by atoms with Crippen LogP contribution in [0.3, 0.4) is 0 Å². The fraction of sp³-hybridized carbons (Fsp3) is 0.682. The molecule has 0 saturated carbocycles. The standard InChI is InChI=1S/C22H33N5O2S/c1-4-7-23-18(28)13-26-8-10-27(11-9-26)15(3)20-24-21(29)19-16-6-5-14(2)12-17(16)30-22(19)25-20/h14-15H,4-13H2,1-3H3,(H,23,28)(H,24,25,29). The zero-order valence-corrected chi connectivity index (χ0v) is 19.1. The molecular formula is C22H33N5O2S. The molecule has 7 nitrogen and oxygen atoms in total. The Labute approximate surface area is 181 Å². The van der Waals surface area contributed by atoms with E-state index in [0.717, 1.165) is 74.4 Å². The molecule has 8 heteroatoms. The lowest BCUT2D eigenvalue weighted by Crippen LogP contribution is -2.50. The fourth-order valence-corrected chi connectivity index (χ4v) is 5.96. The van der Waals surface area contributed by atoms with E-state index >= 15 is 0 Å². The van der Waals surface area contributed by atoms with Crippen LogP contribution in [0.1, 0.15) is 55.9 Å². The van der Waals surface area contributed by atoms with E-state index in [1.54, 1.807) is 11.3 Å². The fourth-order valence-electron chi connectivity index (χ4n) is 4.57. The van der Waals surface area contributed by atoms with Gasteiger partial charge in [0.1, 0.15) is 10.7 Å². The predicted octanol–water partition coefficient (Wildman–Crippen LogP) is 2.31. The summed E-state index contributed by atoms with van der Waals surface area (Å²) in [6, 6.07) is 0.0521. The zero-order chi connectivity index (χ0) is 21.3. The summed E-state index contributed by atoms with van der Waals surface area (Å²) >= 11 is 1.71. The Balaban J connectivity index is 1.43. The van der Waals surface area contributed by atoms with Crippen LogP contribution in [0.2, 0.25) is 0 Å². The van der Waals surface area contributed by atoms with E-state index < -0.39 is 0 Å². The van der Waals surface area contributed by atoms with Gasteiger partial charge in [-0.25, -0.2) is 4.98 Å².